The zero-order chi connectivity index (χ0) is 14.6. The summed E-state index contributed by atoms with van der Waals surface area (Å²) in [6.45, 7) is 10.5. The molecule has 0 unspecified atom stereocenters. The zero-order valence-corrected chi connectivity index (χ0v) is 13.1. The van der Waals surface area contributed by atoms with E-state index in [-0.39, 0.29) is 5.92 Å². The van der Waals surface area contributed by atoms with E-state index in [0.717, 1.165) is 11.1 Å². The first-order valence-electron chi connectivity index (χ1n) is 6.51. The van der Waals surface area contributed by atoms with Gasteiger partial charge in [0.25, 0.3) is 0 Å². The minimum atomic E-state index is -3.47. The van der Waals surface area contributed by atoms with Crippen molar-refractivity contribution in [3.05, 3.63) is 23.3 Å². The Bertz CT molecular complexity index is 536. The summed E-state index contributed by atoms with van der Waals surface area (Å²) in [6.07, 6.45) is 0. The van der Waals surface area contributed by atoms with Crippen molar-refractivity contribution in [2.24, 2.45) is 5.92 Å². The Morgan fingerprint density at radius 3 is 2.37 bits per heavy atom. The molecule has 108 valence electrons. The third-order valence-electron chi connectivity index (χ3n) is 2.74. The lowest BCUT2D eigenvalue weighted by atomic mass is 10.1. The van der Waals surface area contributed by atoms with Crippen molar-refractivity contribution in [1.82, 2.24) is 4.72 Å². The minimum absolute atomic E-state index is 0.270. The summed E-state index contributed by atoms with van der Waals surface area (Å²) in [5.74, 6) is 0.893. The van der Waals surface area contributed by atoms with Crippen LogP contribution in [0.3, 0.4) is 0 Å². The molecule has 0 saturated carbocycles. The molecule has 0 spiro atoms. The standard InChI is InChI=1S/C14H23NO3S/c1-6-18-13-8-14(12(5)7-11(13)4)19(16,17)15-9-10(2)3/h7-8,10,15H,6,9H2,1-5H3. The number of ether oxygens (including phenoxy) is 1. The third kappa shape index (κ3) is 4.21. The summed E-state index contributed by atoms with van der Waals surface area (Å²) < 4.78 is 32.6. The minimum Gasteiger partial charge on any atom is -0.494 e. The van der Waals surface area contributed by atoms with E-state index >= 15 is 0 Å². The summed E-state index contributed by atoms with van der Waals surface area (Å²) in [7, 11) is -3.47. The van der Waals surface area contributed by atoms with Gasteiger partial charge in [0.05, 0.1) is 11.5 Å². The number of hydrogen-bond donors (Lipinski definition) is 1. The third-order valence-corrected chi connectivity index (χ3v) is 4.31. The number of nitrogens with one attached hydrogen (secondary N) is 1. The average molecular weight is 285 g/mol. The fourth-order valence-corrected chi connectivity index (χ4v) is 3.22. The summed E-state index contributed by atoms with van der Waals surface area (Å²) in [5, 5.41) is 0. The van der Waals surface area contributed by atoms with E-state index in [0.29, 0.717) is 23.8 Å². The Kier molecular flexibility index (Phi) is 5.38. The van der Waals surface area contributed by atoms with Gasteiger partial charge in [0.1, 0.15) is 5.75 Å². The lowest BCUT2D eigenvalue weighted by molar-refractivity contribution is 0.336. The number of hydrogen-bond acceptors (Lipinski definition) is 3. The molecule has 4 nitrogen and oxygen atoms in total. The van der Waals surface area contributed by atoms with Crippen LogP contribution in [0.4, 0.5) is 0 Å². The Hall–Kier alpha value is -1.07. The van der Waals surface area contributed by atoms with Gasteiger partial charge in [-0.1, -0.05) is 19.9 Å². The second-order valence-corrected chi connectivity index (χ2v) is 6.80. The van der Waals surface area contributed by atoms with Crippen LogP contribution in [0.2, 0.25) is 0 Å². The number of rotatable bonds is 6. The Morgan fingerprint density at radius 1 is 1.21 bits per heavy atom. The van der Waals surface area contributed by atoms with Gasteiger partial charge >= 0.3 is 0 Å². The molecular weight excluding hydrogens is 262 g/mol. The zero-order valence-electron chi connectivity index (χ0n) is 12.3. The molecule has 0 aliphatic carbocycles. The molecule has 19 heavy (non-hydrogen) atoms. The topological polar surface area (TPSA) is 55.4 Å². The fraction of sp³-hybridized carbons (Fsp3) is 0.571. The second kappa shape index (κ2) is 6.39. The number of aryl methyl sites for hydroxylation is 2. The van der Waals surface area contributed by atoms with Crippen LogP contribution in [0.15, 0.2) is 17.0 Å². The molecule has 0 radical (unpaired) electrons. The van der Waals surface area contributed by atoms with Crippen LogP contribution < -0.4 is 9.46 Å². The van der Waals surface area contributed by atoms with Crippen LogP contribution in [0.1, 0.15) is 31.9 Å². The monoisotopic (exact) mass is 285 g/mol. The molecule has 0 fully saturated rings. The second-order valence-electron chi connectivity index (χ2n) is 5.06. The van der Waals surface area contributed by atoms with E-state index in [9.17, 15) is 8.42 Å². The predicted octanol–water partition coefficient (Wildman–Crippen LogP) is 2.64. The van der Waals surface area contributed by atoms with Crippen LogP contribution in [0, 0.1) is 19.8 Å². The normalized spacial score (nSPS) is 11.9. The van der Waals surface area contributed by atoms with Crippen molar-refractivity contribution in [3.63, 3.8) is 0 Å². The molecule has 0 heterocycles. The molecule has 1 aromatic carbocycles. The van der Waals surface area contributed by atoms with Gasteiger partial charge in [-0.15, -0.1) is 0 Å². The van der Waals surface area contributed by atoms with Gasteiger partial charge in [0.2, 0.25) is 10.0 Å². The van der Waals surface area contributed by atoms with Crippen molar-refractivity contribution in [2.45, 2.75) is 39.5 Å². The highest BCUT2D eigenvalue weighted by molar-refractivity contribution is 7.89. The summed E-state index contributed by atoms with van der Waals surface area (Å²) >= 11 is 0. The lowest BCUT2D eigenvalue weighted by Gasteiger charge is -2.14. The summed E-state index contributed by atoms with van der Waals surface area (Å²) in [5.41, 5.74) is 1.68. The van der Waals surface area contributed by atoms with Crippen molar-refractivity contribution >= 4 is 10.0 Å². The van der Waals surface area contributed by atoms with E-state index in [4.69, 9.17) is 4.74 Å². The molecule has 0 saturated heterocycles. The highest BCUT2D eigenvalue weighted by atomic mass is 32.2. The van der Waals surface area contributed by atoms with E-state index in [2.05, 4.69) is 4.72 Å². The van der Waals surface area contributed by atoms with Crippen molar-refractivity contribution < 1.29 is 13.2 Å². The summed E-state index contributed by atoms with van der Waals surface area (Å²) in [4.78, 5) is 0.294. The molecule has 0 aliphatic rings. The maximum atomic E-state index is 12.3. The number of benzene rings is 1. The highest BCUT2D eigenvalue weighted by Gasteiger charge is 2.19. The van der Waals surface area contributed by atoms with E-state index in [1.807, 2.05) is 33.8 Å². The smallest absolute Gasteiger partial charge is 0.240 e. The van der Waals surface area contributed by atoms with Crippen LogP contribution in [0.25, 0.3) is 0 Å². The van der Waals surface area contributed by atoms with Crippen molar-refractivity contribution in [2.75, 3.05) is 13.2 Å². The molecule has 0 aliphatic heterocycles. The van der Waals surface area contributed by atoms with E-state index < -0.39 is 10.0 Å². The Morgan fingerprint density at radius 2 is 1.84 bits per heavy atom. The van der Waals surface area contributed by atoms with Gasteiger partial charge in [-0.25, -0.2) is 13.1 Å². The largest absolute Gasteiger partial charge is 0.494 e. The quantitative estimate of drug-likeness (QED) is 0.874. The van der Waals surface area contributed by atoms with Gasteiger partial charge in [0, 0.05) is 12.6 Å². The first kappa shape index (κ1) is 16.0. The first-order chi connectivity index (χ1) is 8.77. The first-order valence-corrected chi connectivity index (χ1v) is 8.00. The van der Waals surface area contributed by atoms with Crippen LogP contribution >= 0.6 is 0 Å². The van der Waals surface area contributed by atoms with Crippen LogP contribution in [-0.4, -0.2) is 21.6 Å². The molecule has 1 N–H and O–H groups in total. The van der Waals surface area contributed by atoms with Gasteiger partial charge < -0.3 is 4.74 Å². The Labute approximate surface area is 116 Å². The molecule has 5 heteroatoms. The van der Waals surface area contributed by atoms with Gasteiger partial charge in [-0.3, -0.25) is 0 Å². The molecule has 0 aromatic heterocycles. The van der Waals surface area contributed by atoms with Gasteiger partial charge in [0.15, 0.2) is 0 Å². The maximum Gasteiger partial charge on any atom is 0.240 e. The fourth-order valence-electron chi connectivity index (χ4n) is 1.77. The van der Waals surface area contributed by atoms with E-state index in [1.54, 1.807) is 13.0 Å². The van der Waals surface area contributed by atoms with Crippen LogP contribution in [-0.2, 0) is 10.0 Å². The maximum absolute atomic E-state index is 12.3. The molecule has 1 aromatic rings. The Balaban J connectivity index is 3.15. The predicted molar refractivity (Wildman–Crippen MR) is 77.1 cm³/mol. The number of sulfonamides is 1. The molecule has 0 amide bonds. The summed E-state index contributed by atoms with van der Waals surface area (Å²) in [6, 6.07) is 3.45. The van der Waals surface area contributed by atoms with Crippen LogP contribution in [0.5, 0.6) is 5.75 Å². The lowest BCUT2D eigenvalue weighted by Crippen LogP contribution is -2.28. The molecule has 0 atom stereocenters. The average Bonchev–Trinajstić information content (AvgIpc) is 2.30. The van der Waals surface area contributed by atoms with E-state index in [1.165, 1.54) is 0 Å². The molecular formula is C14H23NO3S. The van der Waals surface area contributed by atoms with Crippen molar-refractivity contribution in [3.8, 4) is 5.75 Å². The molecule has 0 bridgehead atoms. The highest BCUT2D eigenvalue weighted by Crippen LogP contribution is 2.26. The van der Waals surface area contributed by atoms with Gasteiger partial charge in [-0.05, 0) is 37.8 Å². The molecule has 1 rings (SSSR count). The van der Waals surface area contributed by atoms with Gasteiger partial charge in [-0.2, -0.15) is 0 Å². The SMILES string of the molecule is CCOc1cc(S(=O)(=O)NCC(C)C)c(C)cc1C. The van der Waals surface area contributed by atoms with Crippen molar-refractivity contribution in [1.29, 1.82) is 0 Å².